The molecule has 0 saturated carbocycles. The number of anilines is 1. The molecule has 0 bridgehead atoms. The number of hydrogen-bond donors (Lipinski definition) is 2. The summed E-state index contributed by atoms with van der Waals surface area (Å²) in [5, 5.41) is 6.90. The molecule has 0 spiro atoms. The minimum absolute atomic E-state index is 0.237. The van der Waals surface area contributed by atoms with Crippen LogP contribution in [-0.2, 0) is 16.4 Å². The third-order valence-corrected chi connectivity index (χ3v) is 6.23. The lowest BCUT2D eigenvalue weighted by atomic mass is 10.1. The first-order valence-electron chi connectivity index (χ1n) is 10.4. The molecule has 0 aromatic heterocycles. The third-order valence-electron chi connectivity index (χ3n) is 5.30. The summed E-state index contributed by atoms with van der Waals surface area (Å²) in [5.74, 6) is 1.08. The lowest BCUT2D eigenvalue weighted by molar-refractivity contribution is 0.216. The molecule has 164 valence electrons. The van der Waals surface area contributed by atoms with Crippen LogP contribution in [0.5, 0.6) is 0 Å². The molecule has 8 heteroatoms. The lowest BCUT2D eigenvalue weighted by Gasteiger charge is -2.32. The molecule has 2 N–H and O–H groups in total. The van der Waals surface area contributed by atoms with E-state index in [0.29, 0.717) is 19.1 Å². The molecule has 1 fully saturated rings. The Balaban J connectivity index is 1.90. The van der Waals surface area contributed by atoms with Crippen molar-refractivity contribution in [3.63, 3.8) is 0 Å². The van der Waals surface area contributed by atoms with E-state index in [2.05, 4.69) is 52.5 Å². The van der Waals surface area contributed by atoms with E-state index in [0.717, 1.165) is 38.4 Å². The molecule has 1 aliphatic rings. The zero-order valence-corrected chi connectivity index (χ0v) is 19.3. The Hall–Kier alpha value is -1.80. The molecule has 1 saturated heterocycles. The van der Waals surface area contributed by atoms with Gasteiger partial charge in [0.1, 0.15) is 9.84 Å². The number of aryl methyl sites for hydroxylation is 1. The molecule has 29 heavy (non-hydrogen) atoms. The Morgan fingerprint density at radius 3 is 2.52 bits per heavy atom. The van der Waals surface area contributed by atoms with Gasteiger partial charge in [-0.05, 0) is 49.9 Å². The highest BCUT2D eigenvalue weighted by molar-refractivity contribution is 7.90. The van der Waals surface area contributed by atoms with E-state index >= 15 is 0 Å². The zero-order chi connectivity index (χ0) is 21.4. The van der Waals surface area contributed by atoms with E-state index in [1.807, 2.05) is 14.1 Å². The van der Waals surface area contributed by atoms with E-state index in [-0.39, 0.29) is 5.75 Å². The van der Waals surface area contributed by atoms with Crippen molar-refractivity contribution in [1.29, 1.82) is 0 Å². The fourth-order valence-electron chi connectivity index (χ4n) is 3.41. The second-order valence-electron chi connectivity index (χ2n) is 8.09. The van der Waals surface area contributed by atoms with Crippen molar-refractivity contribution in [3.8, 4) is 0 Å². The minimum atomic E-state index is -2.90. The molecule has 2 rings (SSSR count). The highest BCUT2D eigenvalue weighted by atomic mass is 32.2. The predicted molar refractivity (Wildman–Crippen MR) is 123 cm³/mol. The first-order chi connectivity index (χ1) is 13.7. The SMILES string of the molecule is CCNC(=NCc1ccc(N(C)C)cc1C)NC1CCN(CCS(C)(=O)=O)CC1. The monoisotopic (exact) mass is 423 g/mol. The highest BCUT2D eigenvalue weighted by Crippen LogP contribution is 2.18. The quantitative estimate of drug-likeness (QED) is 0.489. The number of hydrogen-bond acceptors (Lipinski definition) is 5. The smallest absolute Gasteiger partial charge is 0.191 e. The second kappa shape index (κ2) is 10.8. The molecule has 0 atom stereocenters. The Morgan fingerprint density at radius 1 is 1.28 bits per heavy atom. The van der Waals surface area contributed by atoms with Gasteiger partial charge in [-0.25, -0.2) is 13.4 Å². The van der Waals surface area contributed by atoms with Crippen LogP contribution < -0.4 is 15.5 Å². The molecule has 0 radical (unpaired) electrons. The number of likely N-dealkylation sites (tertiary alicyclic amines) is 1. The average Bonchev–Trinajstić information content (AvgIpc) is 2.65. The van der Waals surface area contributed by atoms with Crippen LogP contribution in [0.3, 0.4) is 0 Å². The summed E-state index contributed by atoms with van der Waals surface area (Å²) in [6.45, 7) is 8.11. The second-order valence-corrected chi connectivity index (χ2v) is 10.4. The number of sulfone groups is 1. The van der Waals surface area contributed by atoms with Crippen molar-refractivity contribution >= 4 is 21.5 Å². The Morgan fingerprint density at radius 2 is 1.97 bits per heavy atom. The summed E-state index contributed by atoms with van der Waals surface area (Å²) in [5.41, 5.74) is 3.67. The highest BCUT2D eigenvalue weighted by Gasteiger charge is 2.20. The number of nitrogens with zero attached hydrogens (tertiary/aromatic N) is 3. The van der Waals surface area contributed by atoms with Gasteiger partial charge in [0, 0.05) is 58.3 Å². The first-order valence-corrected chi connectivity index (χ1v) is 12.5. The van der Waals surface area contributed by atoms with E-state index < -0.39 is 9.84 Å². The number of aliphatic imine (C=N–C) groups is 1. The largest absolute Gasteiger partial charge is 0.378 e. The molecule has 0 unspecified atom stereocenters. The fourth-order valence-corrected chi connectivity index (χ4v) is 4.00. The van der Waals surface area contributed by atoms with Gasteiger partial charge in [0.15, 0.2) is 5.96 Å². The normalized spacial score (nSPS) is 16.7. The van der Waals surface area contributed by atoms with Gasteiger partial charge in [-0.3, -0.25) is 0 Å². The third kappa shape index (κ3) is 8.22. The van der Waals surface area contributed by atoms with Crippen LogP contribution in [0.2, 0.25) is 0 Å². The van der Waals surface area contributed by atoms with Crippen LogP contribution in [0.4, 0.5) is 5.69 Å². The summed E-state index contributed by atoms with van der Waals surface area (Å²) in [6.07, 6.45) is 3.28. The van der Waals surface area contributed by atoms with E-state index in [4.69, 9.17) is 4.99 Å². The molecule has 0 amide bonds. The maximum atomic E-state index is 11.4. The van der Waals surface area contributed by atoms with Gasteiger partial charge in [-0.15, -0.1) is 0 Å². The van der Waals surface area contributed by atoms with Crippen molar-refractivity contribution < 1.29 is 8.42 Å². The van der Waals surface area contributed by atoms with Crippen LogP contribution in [0.1, 0.15) is 30.9 Å². The summed E-state index contributed by atoms with van der Waals surface area (Å²) in [6, 6.07) is 6.83. The van der Waals surface area contributed by atoms with Gasteiger partial charge in [0.05, 0.1) is 12.3 Å². The molecular weight excluding hydrogens is 386 g/mol. The Labute approximate surface area is 176 Å². The van der Waals surface area contributed by atoms with E-state index in [1.165, 1.54) is 23.1 Å². The van der Waals surface area contributed by atoms with E-state index in [9.17, 15) is 8.42 Å². The first kappa shape index (κ1) is 23.5. The zero-order valence-electron chi connectivity index (χ0n) is 18.5. The van der Waals surface area contributed by atoms with Crippen LogP contribution in [-0.4, -0.2) is 77.6 Å². The lowest BCUT2D eigenvalue weighted by Crippen LogP contribution is -2.49. The number of guanidine groups is 1. The standard InChI is InChI=1S/C21H37N5O2S/c1-6-22-21(23-16-18-7-8-20(25(3)4)15-17(18)2)24-19-9-11-26(12-10-19)13-14-29(5,27)28/h7-8,15,19H,6,9-14,16H2,1-5H3,(H2,22,23,24). The van der Waals surface area contributed by atoms with Gasteiger partial charge in [-0.2, -0.15) is 0 Å². The number of piperidine rings is 1. The maximum absolute atomic E-state index is 11.4. The van der Waals surface area contributed by atoms with Gasteiger partial charge in [-0.1, -0.05) is 6.07 Å². The van der Waals surface area contributed by atoms with Gasteiger partial charge >= 0.3 is 0 Å². The molecule has 7 nitrogen and oxygen atoms in total. The van der Waals surface area contributed by atoms with Crippen LogP contribution in [0.15, 0.2) is 23.2 Å². The predicted octanol–water partition coefficient (Wildman–Crippen LogP) is 1.63. The number of benzene rings is 1. The fraction of sp³-hybridized carbons (Fsp3) is 0.667. The van der Waals surface area contributed by atoms with Crippen molar-refractivity contribution in [1.82, 2.24) is 15.5 Å². The Bertz CT molecular complexity index is 784. The number of nitrogens with one attached hydrogen (secondary N) is 2. The summed E-state index contributed by atoms with van der Waals surface area (Å²) >= 11 is 0. The Kier molecular flexibility index (Phi) is 8.77. The summed E-state index contributed by atoms with van der Waals surface area (Å²) < 4.78 is 22.7. The molecule has 1 heterocycles. The van der Waals surface area contributed by atoms with Crippen LogP contribution >= 0.6 is 0 Å². The molecular formula is C21H37N5O2S. The maximum Gasteiger partial charge on any atom is 0.191 e. The van der Waals surface area contributed by atoms with Crippen molar-refractivity contribution in [3.05, 3.63) is 29.3 Å². The average molecular weight is 424 g/mol. The van der Waals surface area contributed by atoms with Crippen LogP contribution in [0, 0.1) is 6.92 Å². The van der Waals surface area contributed by atoms with Gasteiger partial charge in [0.25, 0.3) is 0 Å². The summed E-state index contributed by atoms with van der Waals surface area (Å²) in [4.78, 5) is 9.13. The van der Waals surface area contributed by atoms with Gasteiger partial charge in [0.2, 0.25) is 0 Å². The molecule has 1 aliphatic heterocycles. The van der Waals surface area contributed by atoms with Crippen molar-refractivity contribution in [2.75, 3.05) is 57.2 Å². The van der Waals surface area contributed by atoms with E-state index in [1.54, 1.807) is 0 Å². The molecule has 1 aromatic rings. The van der Waals surface area contributed by atoms with Crippen molar-refractivity contribution in [2.45, 2.75) is 39.3 Å². The van der Waals surface area contributed by atoms with Crippen molar-refractivity contribution in [2.24, 2.45) is 4.99 Å². The molecule has 1 aromatic carbocycles. The number of rotatable bonds is 8. The summed E-state index contributed by atoms with van der Waals surface area (Å²) in [7, 11) is 1.20. The molecule has 0 aliphatic carbocycles. The van der Waals surface area contributed by atoms with Gasteiger partial charge < -0.3 is 20.4 Å². The van der Waals surface area contributed by atoms with Crippen LogP contribution in [0.25, 0.3) is 0 Å². The topological polar surface area (TPSA) is 77.0 Å². The minimum Gasteiger partial charge on any atom is -0.378 e.